The molecule has 16 heteroatoms. The predicted octanol–water partition coefficient (Wildman–Crippen LogP) is 4.83. The lowest BCUT2D eigenvalue weighted by atomic mass is 9.78. The SMILES string of the molecule is CCC(C)[C@H](NC(=O)Cc1ccccc1F)C(=O)N[C@]1(C(=O)N[C@H](C(=O)NNC(=O)c2ccncc2)C(C)CC)CCc2[nH]c3c(C(F)(F)F)cccc3c2C1. The highest BCUT2D eigenvalue weighted by molar-refractivity contribution is 6.00. The second kappa shape index (κ2) is 17.3. The number of hydrogen-bond acceptors (Lipinski definition) is 6. The first kappa shape index (κ1) is 41.4. The Hall–Kier alpha value is -5.80. The molecule has 0 spiro atoms. The zero-order valence-electron chi connectivity index (χ0n) is 31.4. The Morgan fingerprint density at radius 1 is 0.857 bits per heavy atom. The molecule has 5 amide bonds. The zero-order valence-corrected chi connectivity index (χ0v) is 31.4. The van der Waals surface area contributed by atoms with Gasteiger partial charge >= 0.3 is 6.18 Å². The van der Waals surface area contributed by atoms with Crippen LogP contribution in [0.15, 0.2) is 67.0 Å². The molecule has 2 aromatic heterocycles. The van der Waals surface area contributed by atoms with Crippen LogP contribution in [0.5, 0.6) is 0 Å². The molecular formula is C40H45F4N7O5. The van der Waals surface area contributed by atoms with Gasteiger partial charge in [0.1, 0.15) is 23.4 Å². The number of fused-ring (bicyclic) bond motifs is 3. The quantitative estimate of drug-likeness (QED) is 0.0838. The Balaban J connectivity index is 1.48. The Labute approximate surface area is 321 Å². The van der Waals surface area contributed by atoms with Crippen LogP contribution in [0.25, 0.3) is 10.9 Å². The number of aromatic amines is 1. The van der Waals surface area contributed by atoms with Crippen molar-refractivity contribution in [3.63, 3.8) is 0 Å². The molecular weight excluding hydrogens is 734 g/mol. The van der Waals surface area contributed by atoms with Crippen LogP contribution in [-0.2, 0) is 44.6 Å². The predicted molar refractivity (Wildman–Crippen MR) is 199 cm³/mol. The molecule has 56 heavy (non-hydrogen) atoms. The first-order chi connectivity index (χ1) is 26.6. The van der Waals surface area contributed by atoms with Crippen molar-refractivity contribution in [2.45, 2.75) is 90.0 Å². The maximum atomic E-state index is 14.7. The smallest absolute Gasteiger partial charge is 0.358 e. The average Bonchev–Trinajstić information content (AvgIpc) is 3.55. The first-order valence-corrected chi connectivity index (χ1v) is 18.4. The zero-order chi connectivity index (χ0) is 40.8. The maximum Gasteiger partial charge on any atom is 0.418 e. The van der Waals surface area contributed by atoms with E-state index in [2.05, 4.69) is 36.8 Å². The molecule has 1 aliphatic rings. The van der Waals surface area contributed by atoms with Crippen LogP contribution in [0.3, 0.4) is 0 Å². The highest BCUT2D eigenvalue weighted by atomic mass is 19.4. The van der Waals surface area contributed by atoms with Gasteiger partial charge < -0.3 is 20.9 Å². The largest absolute Gasteiger partial charge is 0.418 e. The Morgan fingerprint density at radius 2 is 1.52 bits per heavy atom. The van der Waals surface area contributed by atoms with Crippen LogP contribution in [0.1, 0.15) is 79.7 Å². The van der Waals surface area contributed by atoms with Gasteiger partial charge in [-0.25, -0.2) is 4.39 Å². The van der Waals surface area contributed by atoms with Crippen molar-refractivity contribution in [1.29, 1.82) is 0 Å². The summed E-state index contributed by atoms with van der Waals surface area (Å²) in [6.07, 6.45) is -1.70. The standard InChI is InChI=1S/C40H45F4N7O5/c1-5-22(3)32(47-31(52)20-25-10-7-8-13-29(25)41)36(54)49-39(17-14-30-27(21-39)26-11-9-12-28(34(26)46-30)40(42,43)44)38(56)48-33(23(4)6-2)37(55)51-50-35(53)24-15-18-45-19-16-24/h7-13,15-16,18-19,22-23,32-33,46H,5-6,14,17,20-21H2,1-4H3,(H,47,52)(H,48,56)(H,49,54)(H,50,53)(H,51,55)/t22?,23?,32-,33-,39+/m0/s1. The molecule has 2 unspecified atom stereocenters. The number of nitrogens with one attached hydrogen (secondary N) is 6. The molecule has 4 aromatic rings. The average molecular weight is 780 g/mol. The lowest BCUT2D eigenvalue weighted by molar-refractivity contribution is -0.139. The number of aryl methyl sites for hydroxylation is 1. The van der Waals surface area contributed by atoms with E-state index in [-0.39, 0.29) is 47.7 Å². The number of carbonyl (C=O) groups is 5. The number of H-pyrrole nitrogens is 1. The van der Waals surface area contributed by atoms with E-state index in [0.717, 1.165) is 6.07 Å². The fourth-order valence-electron chi connectivity index (χ4n) is 6.87. The summed E-state index contributed by atoms with van der Waals surface area (Å²) in [4.78, 5) is 75.2. The summed E-state index contributed by atoms with van der Waals surface area (Å²) in [7, 11) is 0. The first-order valence-electron chi connectivity index (χ1n) is 18.4. The number of rotatable bonds is 13. The highest BCUT2D eigenvalue weighted by Crippen LogP contribution is 2.40. The fraction of sp³-hybridized carbons (Fsp3) is 0.400. The van der Waals surface area contributed by atoms with Gasteiger partial charge in [-0.2, -0.15) is 13.2 Å². The van der Waals surface area contributed by atoms with Crippen LogP contribution in [0, 0.1) is 17.7 Å². The third-order valence-electron chi connectivity index (χ3n) is 10.6. The summed E-state index contributed by atoms with van der Waals surface area (Å²) in [5.74, 6) is -5.12. The van der Waals surface area contributed by atoms with Crippen LogP contribution in [0.2, 0.25) is 0 Å². The van der Waals surface area contributed by atoms with Crippen molar-refractivity contribution in [2.75, 3.05) is 0 Å². The molecule has 0 saturated heterocycles. The minimum atomic E-state index is -4.68. The van der Waals surface area contributed by atoms with Gasteiger partial charge in [0.2, 0.25) is 17.7 Å². The Bertz CT molecular complexity index is 2090. The molecule has 2 heterocycles. The molecule has 0 radical (unpaired) electrons. The minimum Gasteiger partial charge on any atom is -0.358 e. The van der Waals surface area contributed by atoms with Crippen molar-refractivity contribution < 1.29 is 41.5 Å². The summed E-state index contributed by atoms with van der Waals surface area (Å²) in [6, 6.07) is 9.91. The molecule has 12 nitrogen and oxygen atoms in total. The molecule has 0 saturated carbocycles. The van der Waals surface area contributed by atoms with Crippen molar-refractivity contribution >= 4 is 40.4 Å². The molecule has 1 aliphatic carbocycles. The van der Waals surface area contributed by atoms with E-state index >= 15 is 0 Å². The number of para-hydroxylation sites is 1. The molecule has 298 valence electrons. The number of hydrogen-bond donors (Lipinski definition) is 6. The summed E-state index contributed by atoms with van der Waals surface area (Å²) in [6.45, 7) is 7.03. The van der Waals surface area contributed by atoms with Gasteiger partial charge in [0.25, 0.3) is 11.8 Å². The van der Waals surface area contributed by atoms with Crippen LogP contribution >= 0.6 is 0 Å². The number of nitrogens with zero attached hydrogens (tertiary/aromatic N) is 1. The molecule has 5 atom stereocenters. The van der Waals surface area contributed by atoms with Gasteiger partial charge in [-0.3, -0.25) is 39.8 Å². The molecule has 0 aliphatic heterocycles. The number of carbonyl (C=O) groups excluding carboxylic acids is 5. The van der Waals surface area contributed by atoms with Gasteiger partial charge in [-0.05, 0) is 60.1 Å². The van der Waals surface area contributed by atoms with Crippen LogP contribution < -0.4 is 26.8 Å². The lowest BCUT2D eigenvalue weighted by Gasteiger charge is -2.39. The summed E-state index contributed by atoms with van der Waals surface area (Å²) >= 11 is 0. The van der Waals surface area contributed by atoms with Crippen molar-refractivity contribution in [3.05, 3.63) is 101 Å². The number of halogens is 4. The second-order valence-corrected chi connectivity index (χ2v) is 14.3. The lowest BCUT2D eigenvalue weighted by Crippen LogP contribution is -2.67. The Kier molecular flexibility index (Phi) is 12.8. The van der Waals surface area contributed by atoms with E-state index in [4.69, 9.17) is 0 Å². The summed E-state index contributed by atoms with van der Waals surface area (Å²) < 4.78 is 56.6. The number of aromatic nitrogens is 2. The van der Waals surface area contributed by atoms with Gasteiger partial charge in [0.15, 0.2) is 0 Å². The van der Waals surface area contributed by atoms with E-state index in [0.29, 0.717) is 24.1 Å². The summed E-state index contributed by atoms with van der Waals surface area (Å²) in [5, 5.41) is 8.54. The minimum absolute atomic E-state index is 0.0465. The third kappa shape index (κ3) is 9.17. The van der Waals surface area contributed by atoms with Crippen LogP contribution in [-0.4, -0.2) is 57.1 Å². The Morgan fingerprint density at radius 3 is 2.16 bits per heavy atom. The number of pyridine rings is 1. The van der Waals surface area contributed by atoms with E-state index in [1.54, 1.807) is 33.8 Å². The van der Waals surface area contributed by atoms with E-state index < -0.39 is 76.6 Å². The number of alkyl halides is 3. The normalized spacial score (nSPS) is 17.4. The van der Waals surface area contributed by atoms with Crippen molar-refractivity contribution in [3.8, 4) is 0 Å². The third-order valence-corrected chi connectivity index (χ3v) is 10.6. The number of benzene rings is 2. The van der Waals surface area contributed by atoms with E-state index in [9.17, 15) is 41.5 Å². The van der Waals surface area contributed by atoms with E-state index in [1.165, 1.54) is 54.9 Å². The maximum absolute atomic E-state index is 14.7. The number of hydrazine groups is 1. The van der Waals surface area contributed by atoms with Gasteiger partial charge in [-0.1, -0.05) is 70.9 Å². The molecule has 0 bridgehead atoms. The van der Waals surface area contributed by atoms with Crippen molar-refractivity contribution in [1.82, 2.24) is 36.8 Å². The van der Waals surface area contributed by atoms with Gasteiger partial charge in [0, 0.05) is 35.5 Å². The van der Waals surface area contributed by atoms with Crippen molar-refractivity contribution in [2.24, 2.45) is 11.8 Å². The molecule has 6 N–H and O–H groups in total. The van der Waals surface area contributed by atoms with E-state index in [1.807, 2.05) is 0 Å². The monoisotopic (exact) mass is 779 g/mol. The fourth-order valence-corrected chi connectivity index (χ4v) is 6.87. The molecule has 0 fully saturated rings. The number of amides is 5. The van der Waals surface area contributed by atoms with Crippen LogP contribution in [0.4, 0.5) is 17.6 Å². The second-order valence-electron chi connectivity index (χ2n) is 14.3. The van der Waals surface area contributed by atoms with Gasteiger partial charge in [0.05, 0.1) is 17.5 Å². The topological polar surface area (TPSA) is 174 Å². The molecule has 2 aromatic carbocycles. The highest BCUT2D eigenvalue weighted by Gasteiger charge is 2.47. The van der Waals surface area contributed by atoms with Gasteiger partial charge in [-0.15, -0.1) is 0 Å². The molecule has 5 rings (SSSR count). The summed E-state index contributed by atoms with van der Waals surface area (Å²) in [5.41, 5.74) is 2.99.